The molecule has 6 rings (SSSR count). The van der Waals surface area contributed by atoms with Crippen molar-refractivity contribution < 1.29 is 14.4 Å². The molecule has 2 heterocycles. The van der Waals surface area contributed by atoms with Crippen LogP contribution in [0.1, 0.15) is 58.5 Å². The topological polar surface area (TPSA) is 54.5 Å². The van der Waals surface area contributed by atoms with Crippen LogP contribution >= 0.6 is 11.6 Å². The first-order chi connectivity index (χ1) is 17.2. The molecule has 0 bridgehead atoms. The second-order valence-corrected chi connectivity index (χ2v) is 11.4. The van der Waals surface area contributed by atoms with E-state index in [4.69, 9.17) is 11.6 Å². The maximum absolute atomic E-state index is 14.4. The molecule has 0 radical (unpaired) electrons. The molecule has 0 aromatic heterocycles. The highest BCUT2D eigenvalue weighted by Crippen LogP contribution is 2.61. The van der Waals surface area contributed by atoms with E-state index in [1.807, 2.05) is 80.3 Å². The maximum atomic E-state index is 14.4. The van der Waals surface area contributed by atoms with E-state index in [1.54, 1.807) is 30.3 Å². The van der Waals surface area contributed by atoms with Gasteiger partial charge >= 0.3 is 0 Å². The van der Waals surface area contributed by atoms with E-state index < -0.39 is 28.8 Å². The van der Waals surface area contributed by atoms with Gasteiger partial charge in [-0.05, 0) is 29.3 Å². The number of benzene rings is 3. The van der Waals surface area contributed by atoms with Crippen molar-refractivity contribution in [1.82, 2.24) is 0 Å². The monoisotopic (exact) mass is 495 g/mol. The maximum Gasteiger partial charge on any atom is 0.180 e. The largest absolute Gasteiger partial charge is 0.352 e. The average molecular weight is 496 g/mol. The minimum Gasteiger partial charge on any atom is -0.352 e. The number of ketones is 3. The van der Waals surface area contributed by atoms with Crippen LogP contribution in [0, 0.1) is 10.8 Å². The number of nitrogens with zero attached hydrogens (tertiary/aromatic N) is 1. The van der Waals surface area contributed by atoms with Gasteiger partial charge in [0.15, 0.2) is 17.3 Å². The second kappa shape index (κ2) is 7.75. The van der Waals surface area contributed by atoms with Crippen LogP contribution in [0.3, 0.4) is 0 Å². The van der Waals surface area contributed by atoms with Gasteiger partial charge in [-0.15, -0.1) is 0 Å². The lowest BCUT2D eigenvalue weighted by molar-refractivity contribution is -0.127. The van der Waals surface area contributed by atoms with E-state index in [0.29, 0.717) is 16.1 Å². The zero-order valence-corrected chi connectivity index (χ0v) is 21.1. The molecule has 1 fully saturated rings. The number of carbonyl (C=O) groups is 3. The molecule has 1 spiro atoms. The van der Waals surface area contributed by atoms with Crippen molar-refractivity contribution in [2.24, 2.45) is 10.8 Å². The third-order valence-electron chi connectivity index (χ3n) is 7.93. The van der Waals surface area contributed by atoms with E-state index in [2.05, 4.69) is 0 Å². The Kier molecular flexibility index (Phi) is 4.94. The van der Waals surface area contributed by atoms with Crippen molar-refractivity contribution in [1.29, 1.82) is 0 Å². The van der Waals surface area contributed by atoms with Crippen molar-refractivity contribution in [3.05, 3.63) is 106 Å². The number of halogens is 1. The quantitative estimate of drug-likeness (QED) is 0.386. The highest BCUT2D eigenvalue weighted by atomic mass is 35.5. The van der Waals surface area contributed by atoms with Crippen molar-refractivity contribution >= 4 is 40.7 Å². The van der Waals surface area contributed by atoms with E-state index in [9.17, 15) is 14.4 Å². The van der Waals surface area contributed by atoms with Gasteiger partial charge in [-0.1, -0.05) is 99.1 Å². The molecule has 180 valence electrons. The van der Waals surface area contributed by atoms with Gasteiger partial charge in [0.1, 0.15) is 5.41 Å². The normalized spacial score (nSPS) is 23.6. The number of Topliss-reactive ketones (excluding diaryl/α,β-unsaturated/α-hetero) is 3. The summed E-state index contributed by atoms with van der Waals surface area (Å²) in [6.45, 7) is 5.69. The smallest absolute Gasteiger partial charge is 0.180 e. The molecule has 3 aliphatic rings. The van der Waals surface area contributed by atoms with Crippen LogP contribution in [0.25, 0.3) is 6.08 Å². The molecule has 4 nitrogen and oxygen atoms in total. The first-order valence-electron chi connectivity index (χ1n) is 12.2. The van der Waals surface area contributed by atoms with Gasteiger partial charge in [0.05, 0.1) is 12.1 Å². The number of fused-ring (bicyclic) bond motifs is 5. The van der Waals surface area contributed by atoms with E-state index >= 15 is 0 Å². The van der Waals surface area contributed by atoms with Crippen LogP contribution in [0.15, 0.2) is 78.9 Å². The molecule has 3 aromatic rings. The molecular weight excluding hydrogens is 470 g/mol. The van der Waals surface area contributed by atoms with Gasteiger partial charge in [0, 0.05) is 33.2 Å². The predicted octanol–water partition coefficient (Wildman–Crippen LogP) is 6.39. The molecule has 0 saturated carbocycles. The Morgan fingerprint density at radius 1 is 0.889 bits per heavy atom. The molecule has 0 N–H and O–H groups in total. The average Bonchev–Trinajstić information content (AvgIpc) is 3.29. The summed E-state index contributed by atoms with van der Waals surface area (Å²) in [7, 11) is 0. The summed E-state index contributed by atoms with van der Waals surface area (Å²) in [6.07, 6.45) is 3.85. The molecule has 36 heavy (non-hydrogen) atoms. The van der Waals surface area contributed by atoms with Gasteiger partial charge in [0.25, 0.3) is 0 Å². The molecular formula is C31H26ClNO3. The molecule has 3 atom stereocenters. The summed E-state index contributed by atoms with van der Waals surface area (Å²) in [5.74, 6) is -1.09. The van der Waals surface area contributed by atoms with Crippen molar-refractivity contribution in [2.75, 3.05) is 4.90 Å². The Bertz CT molecular complexity index is 1430. The second-order valence-electron chi connectivity index (χ2n) is 10.9. The van der Waals surface area contributed by atoms with E-state index in [1.165, 1.54) is 0 Å². The minimum atomic E-state index is -1.45. The highest BCUT2D eigenvalue weighted by Gasteiger charge is 2.71. The minimum absolute atomic E-state index is 0.00835. The molecule has 5 heteroatoms. The van der Waals surface area contributed by atoms with Crippen molar-refractivity contribution in [3.63, 3.8) is 0 Å². The molecule has 1 aliphatic carbocycles. The van der Waals surface area contributed by atoms with Crippen molar-refractivity contribution in [2.45, 2.75) is 38.8 Å². The lowest BCUT2D eigenvalue weighted by Crippen LogP contribution is -2.49. The first-order valence-corrected chi connectivity index (χ1v) is 12.6. The zero-order chi connectivity index (χ0) is 25.4. The predicted molar refractivity (Wildman–Crippen MR) is 142 cm³/mol. The summed E-state index contributed by atoms with van der Waals surface area (Å²) in [4.78, 5) is 45.2. The summed E-state index contributed by atoms with van der Waals surface area (Å²) >= 11 is 6.32. The van der Waals surface area contributed by atoms with Gasteiger partial charge in [-0.25, -0.2) is 0 Å². The number of hydrogen-bond donors (Lipinski definition) is 0. The summed E-state index contributed by atoms with van der Waals surface area (Å²) in [5, 5.41) is 0.587. The first kappa shape index (κ1) is 22.9. The molecule has 1 saturated heterocycles. The third-order valence-corrected chi connectivity index (χ3v) is 8.17. The van der Waals surface area contributed by atoms with Crippen LogP contribution in [-0.4, -0.2) is 29.4 Å². The summed E-state index contributed by atoms with van der Waals surface area (Å²) in [5.41, 5.74) is 1.20. The lowest BCUT2D eigenvalue weighted by Gasteiger charge is -2.38. The van der Waals surface area contributed by atoms with Gasteiger partial charge < -0.3 is 4.90 Å². The van der Waals surface area contributed by atoms with Crippen LogP contribution in [-0.2, 0) is 4.79 Å². The zero-order valence-electron chi connectivity index (χ0n) is 20.4. The highest BCUT2D eigenvalue weighted by molar-refractivity contribution is 6.32. The Morgan fingerprint density at radius 2 is 1.50 bits per heavy atom. The van der Waals surface area contributed by atoms with Crippen LogP contribution < -0.4 is 4.90 Å². The van der Waals surface area contributed by atoms with Gasteiger partial charge in [-0.2, -0.15) is 0 Å². The number of anilines is 1. The Balaban J connectivity index is 1.70. The van der Waals surface area contributed by atoms with Gasteiger partial charge in [-0.3, -0.25) is 14.4 Å². The molecule has 3 aromatic carbocycles. The van der Waals surface area contributed by atoms with Crippen molar-refractivity contribution in [3.8, 4) is 0 Å². The van der Waals surface area contributed by atoms with Gasteiger partial charge in [0.2, 0.25) is 0 Å². The Hall–Kier alpha value is -3.50. The fourth-order valence-corrected chi connectivity index (χ4v) is 6.61. The molecule has 0 amide bonds. The molecule has 3 unspecified atom stereocenters. The Labute approximate surface area is 215 Å². The lowest BCUT2D eigenvalue weighted by atomic mass is 9.63. The third kappa shape index (κ3) is 2.91. The van der Waals surface area contributed by atoms with Crippen LogP contribution in [0.5, 0.6) is 0 Å². The standard InChI is InChI=1S/C31H26ClNO3/c1-30(2,3)29(36)26-25(18-9-5-4-6-10-18)31(27(34)21-11-7-8-12-22(21)28(31)35)24-16-13-19-17-20(32)14-15-23(19)33(24)26/h4-17,24-26H,1-3H3. The fourth-order valence-electron chi connectivity index (χ4n) is 6.42. The Morgan fingerprint density at radius 3 is 2.11 bits per heavy atom. The SMILES string of the molecule is CC(C)(C)C(=O)C1C(c2ccccc2)C2(C(=O)c3ccccc3C2=O)C2C=Cc3cc(Cl)ccc3N12. The summed E-state index contributed by atoms with van der Waals surface area (Å²) in [6, 6.07) is 20.8. The molecule has 2 aliphatic heterocycles. The van der Waals surface area contributed by atoms with E-state index in [0.717, 1.165) is 16.8 Å². The van der Waals surface area contributed by atoms with Crippen LogP contribution in [0.2, 0.25) is 5.02 Å². The number of hydrogen-bond acceptors (Lipinski definition) is 4. The van der Waals surface area contributed by atoms with Crippen LogP contribution in [0.4, 0.5) is 5.69 Å². The van der Waals surface area contributed by atoms with E-state index in [-0.39, 0.29) is 17.3 Å². The fraction of sp³-hybridized carbons (Fsp3) is 0.258. The number of rotatable bonds is 2. The summed E-state index contributed by atoms with van der Waals surface area (Å²) < 4.78 is 0. The number of carbonyl (C=O) groups excluding carboxylic acids is 3.